The van der Waals surface area contributed by atoms with Crippen LogP contribution >= 0.6 is 11.6 Å². The van der Waals surface area contributed by atoms with Gasteiger partial charge in [0.1, 0.15) is 17.1 Å². The van der Waals surface area contributed by atoms with Crippen molar-refractivity contribution in [1.29, 1.82) is 0 Å². The number of hydrogen-bond acceptors (Lipinski definition) is 6. The summed E-state index contributed by atoms with van der Waals surface area (Å²) in [5.41, 5.74) is -0.990. The number of nitrogens with zero attached hydrogens (tertiary/aromatic N) is 4. The molecule has 0 spiro atoms. The average Bonchev–Trinajstić information content (AvgIpc) is 3.44. The van der Waals surface area contributed by atoms with Gasteiger partial charge in [-0.3, -0.25) is 9.78 Å². The van der Waals surface area contributed by atoms with Crippen LogP contribution in [-0.2, 0) is 12.7 Å². The molecule has 0 saturated carbocycles. The Morgan fingerprint density at radius 1 is 1.09 bits per heavy atom. The van der Waals surface area contributed by atoms with Crippen LogP contribution in [0.4, 0.5) is 13.2 Å². The van der Waals surface area contributed by atoms with E-state index < -0.39 is 29.1 Å². The summed E-state index contributed by atoms with van der Waals surface area (Å²) in [5, 5.41) is 14.0. The van der Waals surface area contributed by atoms with Crippen molar-refractivity contribution < 1.29 is 27.6 Å². The quantitative estimate of drug-likeness (QED) is 0.310. The first-order chi connectivity index (χ1) is 16.7. The van der Waals surface area contributed by atoms with Gasteiger partial charge in [0.15, 0.2) is 0 Å². The second kappa shape index (κ2) is 8.55. The Kier molecular flexibility index (Phi) is 5.52. The molecule has 0 radical (unpaired) electrons. The number of alkyl halides is 3. The smallest absolute Gasteiger partial charge is 0.432 e. The Balaban J connectivity index is 1.70. The standard InChI is InChI=1S/C24H14ClF3N4O3/c25-14-6-4-13(5-7-14)12-32-18-9-8-15(33)11-16(18)19(21(32)24(26,27)28)20(34)23-30-22(31-35-23)17-3-1-2-10-29-17/h1-11,33H,12H2. The third kappa shape index (κ3) is 4.24. The van der Waals surface area contributed by atoms with Crippen molar-refractivity contribution >= 4 is 28.3 Å². The molecule has 0 amide bonds. The van der Waals surface area contributed by atoms with E-state index in [1.54, 1.807) is 42.5 Å². The zero-order valence-corrected chi connectivity index (χ0v) is 18.4. The molecule has 0 bridgehead atoms. The molecule has 1 N–H and O–H groups in total. The minimum Gasteiger partial charge on any atom is -0.508 e. The third-order valence-electron chi connectivity index (χ3n) is 5.31. The van der Waals surface area contributed by atoms with Gasteiger partial charge < -0.3 is 14.2 Å². The van der Waals surface area contributed by atoms with Gasteiger partial charge in [0.25, 0.3) is 11.7 Å². The van der Waals surface area contributed by atoms with E-state index in [0.717, 1.165) is 10.6 Å². The summed E-state index contributed by atoms with van der Waals surface area (Å²) in [6.45, 7) is -0.205. The number of carbonyl (C=O) groups is 1. The van der Waals surface area contributed by atoms with Crippen LogP contribution in [0.1, 0.15) is 27.5 Å². The minimum absolute atomic E-state index is 0.0461. The lowest BCUT2D eigenvalue weighted by atomic mass is 10.1. The van der Waals surface area contributed by atoms with E-state index in [-0.39, 0.29) is 34.7 Å². The number of benzene rings is 2. The van der Waals surface area contributed by atoms with Gasteiger partial charge in [0.2, 0.25) is 5.82 Å². The van der Waals surface area contributed by atoms with Gasteiger partial charge in [0, 0.05) is 28.7 Å². The molecule has 0 atom stereocenters. The average molecular weight is 499 g/mol. The van der Waals surface area contributed by atoms with Crippen molar-refractivity contribution in [3.8, 4) is 17.3 Å². The van der Waals surface area contributed by atoms with Crippen LogP contribution in [0.3, 0.4) is 0 Å². The SMILES string of the molecule is O=C(c1nc(-c2ccccn2)no1)c1c(C(F)(F)F)n(Cc2ccc(Cl)cc2)c2ccc(O)cc12. The fourth-order valence-corrected chi connectivity index (χ4v) is 3.95. The molecule has 5 aromatic rings. The number of rotatable bonds is 5. The maximum atomic E-state index is 14.4. The molecule has 0 aliphatic heterocycles. The molecule has 2 aromatic carbocycles. The summed E-state index contributed by atoms with van der Waals surface area (Å²) in [6.07, 6.45) is -3.45. The lowest BCUT2D eigenvalue weighted by molar-refractivity contribution is -0.143. The molecule has 7 nitrogen and oxygen atoms in total. The lowest BCUT2D eigenvalue weighted by Gasteiger charge is -2.14. The highest BCUT2D eigenvalue weighted by molar-refractivity contribution is 6.30. The predicted octanol–water partition coefficient (Wildman–Crippen LogP) is 5.74. The van der Waals surface area contributed by atoms with Gasteiger partial charge in [0.05, 0.1) is 5.56 Å². The van der Waals surface area contributed by atoms with Gasteiger partial charge in [-0.15, -0.1) is 0 Å². The van der Waals surface area contributed by atoms with Crippen LogP contribution < -0.4 is 0 Å². The molecule has 0 aliphatic rings. The number of fused-ring (bicyclic) bond motifs is 1. The zero-order chi connectivity index (χ0) is 24.7. The second-order valence-corrected chi connectivity index (χ2v) is 8.04. The van der Waals surface area contributed by atoms with Crippen LogP contribution in [-0.4, -0.2) is 30.6 Å². The number of halogens is 4. The molecule has 176 valence electrons. The van der Waals surface area contributed by atoms with Crippen molar-refractivity contribution in [2.45, 2.75) is 12.7 Å². The first-order valence-corrected chi connectivity index (χ1v) is 10.6. The van der Waals surface area contributed by atoms with Crippen molar-refractivity contribution in [2.75, 3.05) is 0 Å². The molecule has 0 saturated heterocycles. The van der Waals surface area contributed by atoms with E-state index in [2.05, 4.69) is 15.1 Å². The first kappa shape index (κ1) is 22.6. The molecule has 5 rings (SSSR count). The number of phenols is 1. The van der Waals surface area contributed by atoms with Crippen molar-refractivity contribution in [3.05, 3.63) is 94.6 Å². The minimum atomic E-state index is -4.92. The van der Waals surface area contributed by atoms with Crippen LogP contribution in [0.25, 0.3) is 22.4 Å². The number of carbonyl (C=O) groups excluding carboxylic acids is 1. The number of ketones is 1. The van der Waals surface area contributed by atoms with E-state index in [0.29, 0.717) is 10.6 Å². The molecule has 0 fully saturated rings. The van der Waals surface area contributed by atoms with Crippen LogP contribution in [0.15, 0.2) is 71.4 Å². The second-order valence-electron chi connectivity index (χ2n) is 7.60. The molecule has 0 unspecified atom stereocenters. The first-order valence-electron chi connectivity index (χ1n) is 10.2. The van der Waals surface area contributed by atoms with Gasteiger partial charge in [-0.1, -0.05) is 35.0 Å². The van der Waals surface area contributed by atoms with Crippen molar-refractivity contribution in [2.24, 2.45) is 0 Å². The molecule has 3 aromatic heterocycles. The highest BCUT2D eigenvalue weighted by atomic mass is 35.5. The monoisotopic (exact) mass is 498 g/mol. The number of aromatic hydroxyl groups is 1. The van der Waals surface area contributed by atoms with Crippen molar-refractivity contribution in [1.82, 2.24) is 19.7 Å². The van der Waals surface area contributed by atoms with Crippen LogP contribution in [0, 0.1) is 0 Å². The highest BCUT2D eigenvalue weighted by Crippen LogP contribution is 2.40. The van der Waals surface area contributed by atoms with Gasteiger partial charge in [-0.25, -0.2) is 0 Å². The largest absolute Gasteiger partial charge is 0.508 e. The maximum Gasteiger partial charge on any atom is 0.432 e. The number of aromatic nitrogens is 4. The summed E-state index contributed by atoms with van der Waals surface area (Å²) in [7, 11) is 0. The molecular formula is C24H14ClF3N4O3. The molecule has 3 heterocycles. The van der Waals surface area contributed by atoms with E-state index in [4.69, 9.17) is 16.1 Å². The van der Waals surface area contributed by atoms with Gasteiger partial charge in [-0.05, 0) is 48.0 Å². The Labute approximate surface area is 200 Å². The van der Waals surface area contributed by atoms with E-state index in [9.17, 15) is 23.1 Å². The summed E-state index contributed by atoms with van der Waals surface area (Å²) in [4.78, 5) is 21.4. The zero-order valence-electron chi connectivity index (χ0n) is 17.6. The maximum absolute atomic E-state index is 14.4. The molecule has 0 aliphatic carbocycles. The third-order valence-corrected chi connectivity index (χ3v) is 5.56. The Morgan fingerprint density at radius 2 is 1.86 bits per heavy atom. The van der Waals surface area contributed by atoms with Crippen molar-refractivity contribution in [3.63, 3.8) is 0 Å². The number of hydrogen-bond donors (Lipinski definition) is 1. The normalized spacial score (nSPS) is 11.8. The highest BCUT2D eigenvalue weighted by Gasteiger charge is 2.42. The van der Waals surface area contributed by atoms with Gasteiger partial charge in [-0.2, -0.15) is 18.2 Å². The fraction of sp³-hybridized carbons (Fsp3) is 0.0833. The summed E-state index contributed by atoms with van der Waals surface area (Å²) < 4.78 is 49.3. The van der Waals surface area contributed by atoms with Gasteiger partial charge >= 0.3 is 6.18 Å². The molecule has 35 heavy (non-hydrogen) atoms. The van der Waals surface area contributed by atoms with E-state index in [1.807, 2.05) is 0 Å². The Hall–Kier alpha value is -4.18. The van der Waals surface area contributed by atoms with Crippen LogP contribution in [0.2, 0.25) is 5.02 Å². The van der Waals surface area contributed by atoms with Crippen LogP contribution in [0.5, 0.6) is 5.75 Å². The number of pyridine rings is 1. The summed E-state index contributed by atoms with van der Waals surface area (Å²) in [5.74, 6) is -2.11. The topological polar surface area (TPSA) is 94.0 Å². The molecule has 11 heteroatoms. The fourth-order valence-electron chi connectivity index (χ4n) is 3.83. The Bertz CT molecular complexity index is 1540. The van der Waals surface area contributed by atoms with E-state index >= 15 is 0 Å². The lowest BCUT2D eigenvalue weighted by Crippen LogP contribution is -2.19. The summed E-state index contributed by atoms with van der Waals surface area (Å²) >= 11 is 5.90. The van der Waals surface area contributed by atoms with E-state index in [1.165, 1.54) is 18.3 Å². The predicted molar refractivity (Wildman–Crippen MR) is 120 cm³/mol. The Morgan fingerprint density at radius 3 is 2.54 bits per heavy atom. The number of phenolic OH excluding ortho intramolecular Hbond substituents is 1. The summed E-state index contributed by atoms with van der Waals surface area (Å²) in [6, 6.07) is 14.9. The molecular weight excluding hydrogens is 485 g/mol.